The quantitative estimate of drug-likeness (QED) is 0.675. The fraction of sp³-hybridized carbons (Fsp3) is 0.300. The number of rotatable bonds is 5. The van der Waals surface area contributed by atoms with Gasteiger partial charge in [0.25, 0.3) is 0 Å². The van der Waals surface area contributed by atoms with E-state index in [1.807, 2.05) is 38.1 Å². The van der Waals surface area contributed by atoms with Crippen LogP contribution in [0.4, 0.5) is 11.5 Å². The molecule has 3 aromatic rings. The molecule has 0 aliphatic carbocycles. The topological polar surface area (TPSA) is 82.3 Å². The summed E-state index contributed by atoms with van der Waals surface area (Å²) in [5.41, 5.74) is 9.78. The highest BCUT2D eigenvalue weighted by atomic mass is 16.5. The highest BCUT2D eigenvalue weighted by molar-refractivity contribution is 5.92. The van der Waals surface area contributed by atoms with Gasteiger partial charge in [-0.3, -0.25) is 0 Å². The second-order valence-electron chi connectivity index (χ2n) is 6.39. The van der Waals surface area contributed by atoms with Crippen LogP contribution in [0.25, 0.3) is 10.9 Å². The predicted molar refractivity (Wildman–Crippen MR) is 105 cm³/mol. The summed E-state index contributed by atoms with van der Waals surface area (Å²) in [7, 11) is 3.23. The van der Waals surface area contributed by atoms with Gasteiger partial charge in [-0.15, -0.1) is 0 Å². The van der Waals surface area contributed by atoms with Gasteiger partial charge in [0, 0.05) is 17.1 Å². The standard InChI is InChI=1S/C20H24N4O2/c1-11-6-14(8-15(21)7-11)12(2)22-20-16-9-18(25-4)19(26-5)10-17(16)23-13(3)24-20/h6-10,12H,21H2,1-5H3,(H,22,23,24)/t12-/m1/s1. The molecular weight excluding hydrogens is 328 g/mol. The minimum Gasteiger partial charge on any atom is -0.493 e. The van der Waals surface area contributed by atoms with Gasteiger partial charge >= 0.3 is 0 Å². The van der Waals surface area contributed by atoms with Crippen molar-refractivity contribution in [3.05, 3.63) is 47.3 Å². The molecule has 0 saturated heterocycles. The molecule has 0 bridgehead atoms. The normalized spacial score (nSPS) is 12.0. The Hall–Kier alpha value is -3.02. The van der Waals surface area contributed by atoms with E-state index in [1.165, 1.54) is 0 Å². The van der Waals surface area contributed by atoms with Crippen molar-refractivity contribution >= 4 is 22.4 Å². The van der Waals surface area contributed by atoms with Crippen LogP contribution in [-0.2, 0) is 0 Å². The molecule has 1 atom stereocenters. The zero-order valence-corrected chi connectivity index (χ0v) is 15.8. The van der Waals surface area contributed by atoms with Gasteiger partial charge in [0.05, 0.1) is 25.8 Å². The molecule has 0 radical (unpaired) electrons. The number of benzene rings is 2. The Kier molecular flexibility index (Phi) is 4.84. The van der Waals surface area contributed by atoms with Crippen LogP contribution in [0.3, 0.4) is 0 Å². The number of ether oxygens (including phenoxy) is 2. The summed E-state index contributed by atoms with van der Waals surface area (Å²) >= 11 is 0. The molecule has 0 spiro atoms. The lowest BCUT2D eigenvalue weighted by molar-refractivity contribution is 0.356. The summed E-state index contributed by atoms with van der Waals surface area (Å²) in [6.07, 6.45) is 0. The average Bonchev–Trinajstić information content (AvgIpc) is 2.59. The molecule has 1 aromatic heterocycles. The Morgan fingerprint density at radius 2 is 1.65 bits per heavy atom. The van der Waals surface area contributed by atoms with Crippen molar-refractivity contribution in [1.82, 2.24) is 9.97 Å². The van der Waals surface area contributed by atoms with E-state index in [4.69, 9.17) is 15.2 Å². The molecule has 0 saturated carbocycles. The van der Waals surface area contributed by atoms with Crippen LogP contribution in [0.5, 0.6) is 11.5 Å². The maximum absolute atomic E-state index is 5.99. The number of aromatic nitrogens is 2. The smallest absolute Gasteiger partial charge is 0.162 e. The number of anilines is 2. The summed E-state index contributed by atoms with van der Waals surface area (Å²) in [5.74, 6) is 2.72. The van der Waals surface area contributed by atoms with E-state index in [0.29, 0.717) is 17.3 Å². The molecular formula is C20H24N4O2. The monoisotopic (exact) mass is 352 g/mol. The van der Waals surface area contributed by atoms with Crippen molar-refractivity contribution in [3.63, 3.8) is 0 Å². The van der Waals surface area contributed by atoms with Crippen molar-refractivity contribution in [2.45, 2.75) is 26.8 Å². The van der Waals surface area contributed by atoms with E-state index < -0.39 is 0 Å². The van der Waals surface area contributed by atoms with Crippen LogP contribution < -0.4 is 20.5 Å². The highest BCUT2D eigenvalue weighted by Gasteiger charge is 2.15. The maximum atomic E-state index is 5.99. The van der Waals surface area contributed by atoms with Gasteiger partial charge in [0.2, 0.25) is 0 Å². The zero-order valence-electron chi connectivity index (χ0n) is 15.8. The molecule has 0 fully saturated rings. The van der Waals surface area contributed by atoms with Crippen molar-refractivity contribution in [2.75, 3.05) is 25.3 Å². The van der Waals surface area contributed by atoms with Crippen molar-refractivity contribution in [2.24, 2.45) is 0 Å². The van der Waals surface area contributed by atoms with Gasteiger partial charge in [-0.1, -0.05) is 6.07 Å². The van der Waals surface area contributed by atoms with E-state index in [2.05, 4.69) is 28.3 Å². The molecule has 0 aliphatic heterocycles. The van der Waals surface area contributed by atoms with Gasteiger partial charge in [0.15, 0.2) is 11.5 Å². The second-order valence-corrected chi connectivity index (χ2v) is 6.39. The lowest BCUT2D eigenvalue weighted by Gasteiger charge is -2.18. The predicted octanol–water partition coefficient (Wildman–Crippen LogP) is 4.02. The Bertz CT molecular complexity index is 936. The number of nitrogens with two attached hydrogens (primary N) is 1. The van der Waals surface area contributed by atoms with Crippen LogP contribution in [0.2, 0.25) is 0 Å². The highest BCUT2D eigenvalue weighted by Crippen LogP contribution is 2.35. The minimum atomic E-state index is 0.0304. The third-order valence-corrected chi connectivity index (χ3v) is 4.29. The van der Waals surface area contributed by atoms with Crippen LogP contribution >= 0.6 is 0 Å². The largest absolute Gasteiger partial charge is 0.493 e. The fourth-order valence-corrected chi connectivity index (χ4v) is 3.06. The van der Waals surface area contributed by atoms with E-state index in [0.717, 1.165) is 33.5 Å². The van der Waals surface area contributed by atoms with Crippen molar-refractivity contribution in [3.8, 4) is 11.5 Å². The van der Waals surface area contributed by atoms with Gasteiger partial charge < -0.3 is 20.5 Å². The number of nitrogens with zero attached hydrogens (tertiary/aromatic N) is 2. The molecule has 0 aliphatic rings. The summed E-state index contributed by atoms with van der Waals surface area (Å²) in [6.45, 7) is 5.99. The first-order valence-electron chi connectivity index (χ1n) is 8.45. The van der Waals surface area contributed by atoms with Gasteiger partial charge in [-0.25, -0.2) is 9.97 Å². The Balaban J connectivity index is 2.06. The van der Waals surface area contributed by atoms with E-state index in [9.17, 15) is 0 Å². The minimum absolute atomic E-state index is 0.0304. The molecule has 2 aromatic carbocycles. The van der Waals surface area contributed by atoms with Crippen molar-refractivity contribution in [1.29, 1.82) is 0 Å². The fourth-order valence-electron chi connectivity index (χ4n) is 3.06. The molecule has 0 unspecified atom stereocenters. The first-order valence-corrected chi connectivity index (χ1v) is 8.45. The Labute approximate surface area is 153 Å². The summed E-state index contributed by atoms with van der Waals surface area (Å²) in [6, 6.07) is 9.84. The van der Waals surface area contributed by atoms with Crippen LogP contribution in [-0.4, -0.2) is 24.2 Å². The first-order chi connectivity index (χ1) is 12.4. The molecule has 1 heterocycles. The molecule has 0 amide bonds. The Morgan fingerprint density at radius 3 is 2.31 bits per heavy atom. The molecule has 6 heteroatoms. The SMILES string of the molecule is COc1cc2nc(C)nc(N[C@H](C)c3cc(C)cc(N)c3)c2cc1OC. The third kappa shape index (κ3) is 3.49. The van der Waals surface area contributed by atoms with Crippen LogP contribution in [0.1, 0.15) is 29.9 Å². The number of fused-ring (bicyclic) bond motifs is 1. The number of aryl methyl sites for hydroxylation is 2. The van der Waals surface area contributed by atoms with Gasteiger partial charge in [-0.2, -0.15) is 0 Å². The molecule has 26 heavy (non-hydrogen) atoms. The molecule has 3 rings (SSSR count). The zero-order chi connectivity index (χ0) is 18.8. The van der Waals surface area contributed by atoms with Gasteiger partial charge in [-0.05, 0) is 50.1 Å². The number of nitrogen functional groups attached to an aromatic ring is 1. The summed E-state index contributed by atoms with van der Waals surface area (Å²) in [4.78, 5) is 9.11. The number of hydrogen-bond donors (Lipinski definition) is 2. The average molecular weight is 352 g/mol. The second kappa shape index (κ2) is 7.07. The number of methoxy groups -OCH3 is 2. The summed E-state index contributed by atoms with van der Waals surface area (Å²) in [5, 5.41) is 4.36. The van der Waals surface area contributed by atoms with E-state index in [1.54, 1.807) is 14.2 Å². The number of hydrogen-bond acceptors (Lipinski definition) is 6. The third-order valence-electron chi connectivity index (χ3n) is 4.29. The van der Waals surface area contributed by atoms with Crippen LogP contribution in [0, 0.1) is 13.8 Å². The molecule has 6 nitrogen and oxygen atoms in total. The van der Waals surface area contributed by atoms with Crippen LogP contribution in [0.15, 0.2) is 30.3 Å². The van der Waals surface area contributed by atoms with Crippen molar-refractivity contribution < 1.29 is 9.47 Å². The van der Waals surface area contributed by atoms with Gasteiger partial charge in [0.1, 0.15) is 11.6 Å². The lowest BCUT2D eigenvalue weighted by Crippen LogP contribution is -2.10. The molecule has 3 N–H and O–H groups in total. The molecule has 136 valence electrons. The number of nitrogens with one attached hydrogen (secondary N) is 1. The maximum Gasteiger partial charge on any atom is 0.162 e. The first kappa shape index (κ1) is 17.8. The summed E-state index contributed by atoms with van der Waals surface area (Å²) < 4.78 is 10.8. The Morgan fingerprint density at radius 1 is 0.962 bits per heavy atom. The lowest BCUT2D eigenvalue weighted by atomic mass is 10.0. The van der Waals surface area contributed by atoms with E-state index in [-0.39, 0.29) is 6.04 Å². The van der Waals surface area contributed by atoms with E-state index >= 15 is 0 Å².